The molecule has 16 heavy (non-hydrogen) atoms. The van der Waals surface area contributed by atoms with Crippen LogP contribution in [0.25, 0.3) is 0 Å². The molecular weight excluding hydrogens is 200 g/mol. The molecular formula is C14H24O2. The molecule has 0 saturated carbocycles. The summed E-state index contributed by atoms with van der Waals surface area (Å²) in [7, 11) is 0. The van der Waals surface area contributed by atoms with Crippen LogP contribution < -0.4 is 0 Å². The van der Waals surface area contributed by atoms with E-state index in [-0.39, 0.29) is 11.4 Å². The van der Waals surface area contributed by atoms with E-state index in [1.807, 2.05) is 20.8 Å². The lowest BCUT2D eigenvalue weighted by atomic mass is 9.87. The van der Waals surface area contributed by atoms with E-state index in [9.17, 15) is 4.79 Å². The monoisotopic (exact) mass is 224 g/mol. The first-order valence-electron chi connectivity index (χ1n) is 6.15. The van der Waals surface area contributed by atoms with E-state index in [2.05, 4.69) is 5.92 Å². The molecule has 0 saturated heterocycles. The maximum Gasteiger partial charge on any atom is 0.311 e. The van der Waals surface area contributed by atoms with Crippen LogP contribution in [0.5, 0.6) is 0 Å². The maximum atomic E-state index is 11.6. The Balaban J connectivity index is 3.66. The van der Waals surface area contributed by atoms with Gasteiger partial charge in [0.25, 0.3) is 0 Å². The summed E-state index contributed by atoms with van der Waals surface area (Å²) in [4.78, 5) is 11.6. The number of carbonyl (C=O) groups is 1. The fourth-order valence-corrected chi connectivity index (χ4v) is 1.58. The van der Waals surface area contributed by atoms with E-state index in [0.29, 0.717) is 6.61 Å². The molecule has 2 heteroatoms. The molecule has 0 rings (SSSR count). The average molecular weight is 224 g/mol. The summed E-state index contributed by atoms with van der Waals surface area (Å²) in [6.45, 7) is 6.21. The van der Waals surface area contributed by atoms with Crippen molar-refractivity contribution in [2.75, 3.05) is 6.61 Å². The summed E-state index contributed by atoms with van der Waals surface area (Å²) >= 11 is 0. The van der Waals surface area contributed by atoms with Crippen molar-refractivity contribution in [3.8, 4) is 12.3 Å². The van der Waals surface area contributed by atoms with Crippen molar-refractivity contribution in [2.45, 2.75) is 59.3 Å². The summed E-state index contributed by atoms with van der Waals surface area (Å²) in [6.07, 6.45) is 11.4. The normalized spacial score (nSPS) is 10.9. The summed E-state index contributed by atoms with van der Waals surface area (Å²) in [5.41, 5.74) is -0.345. The van der Waals surface area contributed by atoms with E-state index >= 15 is 0 Å². The molecule has 0 amide bonds. The smallest absolute Gasteiger partial charge is 0.311 e. The third-order valence-electron chi connectivity index (χ3n) is 2.70. The first-order chi connectivity index (χ1) is 7.54. The van der Waals surface area contributed by atoms with Gasteiger partial charge in [0.2, 0.25) is 0 Å². The summed E-state index contributed by atoms with van der Waals surface area (Å²) < 4.78 is 5.04. The lowest BCUT2D eigenvalue weighted by Gasteiger charge is -2.21. The lowest BCUT2D eigenvalue weighted by Crippen LogP contribution is -2.26. The van der Waals surface area contributed by atoms with Crippen molar-refractivity contribution in [3.63, 3.8) is 0 Å². The minimum Gasteiger partial charge on any atom is -0.466 e. The van der Waals surface area contributed by atoms with Crippen LogP contribution in [-0.4, -0.2) is 12.6 Å². The molecule has 92 valence electrons. The molecule has 0 atom stereocenters. The largest absolute Gasteiger partial charge is 0.466 e. The van der Waals surface area contributed by atoms with Gasteiger partial charge in [0, 0.05) is 6.42 Å². The minimum atomic E-state index is -0.345. The number of hydrogen-bond acceptors (Lipinski definition) is 2. The highest BCUT2D eigenvalue weighted by Crippen LogP contribution is 2.25. The van der Waals surface area contributed by atoms with Gasteiger partial charge < -0.3 is 4.74 Å². The number of hydrogen-bond donors (Lipinski definition) is 0. The molecule has 0 aliphatic heterocycles. The van der Waals surface area contributed by atoms with Crippen molar-refractivity contribution in [2.24, 2.45) is 5.41 Å². The van der Waals surface area contributed by atoms with Crippen LogP contribution in [0.2, 0.25) is 0 Å². The molecule has 0 N–H and O–H groups in total. The van der Waals surface area contributed by atoms with Gasteiger partial charge in [0.15, 0.2) is 0 Å². The predicted octanol–water partition coefficient (Wildman–Crippen LogP) is 3.55. The molecule has 2 nitrogen and oxygen atoms in total. The quantitative estimate of drug-likeness (QED) is 0.358. The number of carbonyl (C=O) groups excluding carboxylic acids is 1. The zero-order chi connectivity index (χ0) is 12.4. The topological polar surface area (TPSA) is 26.3 Å². The third-order valence-corrected chi connectivity index (χ3v) is 2.70. The summed E-state index contributed by atoms with van der Waals surface area (Å²) in [5.74, 6) is 2.55. The van der Waals surface area contributed by atoms with E-state index in [0.717, 1.165) is 38.5 Å². The van der Waals surface area contributed by atoms with Crippen LogP contribution >= 0.6 is 0 Å². The number of terminal acetylenes is 1. The molecule has 0 aromatic rings. The van der Waals surface area contributed by atoms with Crippen molar-refractivity contribution in [3.05, 3.63) is 0 Å². The highest BCUT2D eigenvalue weighted by Gasteiger charge is 2.28. The first kappa shape index (κ1) is 15.0. The Bertz CT molecular complexity index is 236. The minimum absolute atomic E-state index is 0.0846. The molecule has 0 aliphatic carbocycles. The molecule has 0 heterocycles. The molecule has 0 radical (unpaired) electrons. The van der Waals surface area contributed by atoms with Crippen LogP contribution in [0.4, 0.5) is 0 Å². The number of rotatable bonds is 8. The van der Waals surface area contributed by atoms with Gasteiger partial charge >= 0.3 is 5.97 Å². The molecule has 0 aromatic carbocycles. The number of esters is 1. The fourth-order valence-electron chi connectivity index (χ4n) is 1.58. The Labute approximate surface area is 99.8 Å². The zero-order valence-corrected chi connectivity index (χ0v) is 10.8. The van der Waals surface area contributed by atoms with Gasteiger partial charge in [0.1, 0.15) is 0 Å². The maximum absolute atomic E-state index is 11.6. The van der Waals surface area contributed by atoms with E-state index in [1.165, 1.54) is 0 Å². The Morgan fingerprint density at radius 2 is 1.88 bits per heavy atom. The second-order valence-electron chi connectivity index (χ2n) is 4.72. The summed E-state index contributed by atoms with van der Waals surface area (Å²) in [5, 5.41) is 0. The highest BCUT2D eigenvalue weighted by molar-refractivity contribution is 5.75. The number of ether oxygens (including phenoxy) is 1. The van der Waals surface area contributed by atoms with Gasteiger partial charge in [-0.25, -0.2) is 0 Å². The van der Waals surface area contributed by atoms with Crippen molar-refractivity contribution in [1.82, 2.24) is 0 Å². The van der Waals surface area contributed by atoms with Crippen LogP contribution in [-0.2, 0) is 9.53 Å². The fraction of sp³-hybridized carbons (Fsp3) is 0.786. The van der Waals surface area contributed by atoms with Gasteiger partial charge in [-0.15, -0.1) is 12.3 Å². The average Bonchev–Trinajstić information content (AvgIpc) is 2.23. The van der Waals surface area contributed by atoms with Gasteiger partial charge in [-0.3, -0.25) is 4.79 Å². The van der Waals surface area contributed by atoms with Gasteiger partial charge in [-0.2, -0.15) is 0 Å². The number of unbranched alkanes of at least 4 members (excludes halogenated alkanes) is 4. The third kappa shape index (κ3) is 6.50. The Hall–Kier alpha value is -0.970. The van der Waals surface area contributed by atoms with Gasteiger partial charge in [0.05, 0.1) is 12.0 Å². The molecule has 0 aromatic heterocycles. The SMILES string of the molecule is C#CCCCCCCC(C)(C)C(=O)OCC. The van der Waals surface area contributed by atoms with E-state index in [1.54, 1.807) is 0 Å². The molecule has 0 spiro atoms. The molecule has 0 fully saturated rings. The van der Waals surface area contributed by atoms with Gasteiger partial charge in [-0.05, 0) is 33.6 Å². The second-order valence-corrected chi connectivity index (χ2v) is 4.72. The first-order valence-corrected chi connectivity index (χ1v) is 6.15. The Morgan fingerprint density at radius 3 is 2.44 bits per heavy atom. The van der Waals surface area contributed by atoms with Crippen LogP contribution in [0, 0.1) is 17.8 Å². The lowest BCUT2D eigenvalue weighted by molar-refractivity contribution is -0.153. The van der Waals surface area contributed by atoms with Gasteiger partial charge in [-0.1, -0.05) is 19.3 Å². The van der Waals surface area contributed by atoms with Crippen molar-refractivity contribution >= 4 is 5.97 Å². The Morgan fingerprint density at radius 1 is 1.25 bits per heavy atom. The molecule has 0 unspecified atom stereocenters. The van der Waals surface area contributed by atoms with E-state index in [4.69, 9.17) is 11.2 Å². The molecule has 0 aliphatic rings. The molecule has 0 bridgehead atoms. The zero-order valence-electron chi connectivity index (χ0n) is 10.8. The van der Waals surface area contributed by atoms with Crippen molar-refractivity contribution < 1.29 is 9.53 Å². The van der Waals surface area contributed by atoms with Crippen molar-refractivity contribution in [1.29, 1.82) is 0 Å². The Kier molecular flexibility index (Phi) is 7.72. The second kappa shape index (κ2) is 8.21. The standard InChI is InChI=1S/C14H24O2/c1-5-7-8-9-10-11-12-14(3,4)13(15)16-6-2/h1H,6-12H2,2-4H3. The van der Waals surface area contributed by atoms with E-state index < -0.39 is 0 Å². The van der Waals surface area contributed by atoms with Crippen LogP contribution in [0.15, 0.2) is 0 Å². The highest BCUT2D eigenvalue weighted by atomic mass is 16.5. The van der Waals surface area contributed by atoms with Crippen LogP contribution in [0.3, 0.4) is 0 Å². The summed E-state index contributed by atoms with van der Waals surface area (Å²) in [6, 6.07) is 0. The predicted molar refractivity (Wildman–Crippen MR) is 66.9 cm³/mol. The van der Waals surface area contributed by atoms with Crippen LogP contribution in [0.1, 0.15) is 59.3 Å².